The fourth-order valence-electron chi connectivity index (χ4n) is 2.44. The van der Waals surface area contributed by atoms with Gasteiger partial charge in [-0.05, 0) is 25.8 Å². The number of rotatable bonds is 7. The Hall–Kier alpha value is -0.120. The van der Waals surface area contributed by atoms with Gasteiger partial charge in [-0.1, -0.05) is 19.8 Å². The van der Waals surface area contributed by atoms with Crippen molar-refractivity contribution in [3.8, 4) is 0 Å². The summed E-state index contributed by atoms with van der Waals surface area (Å²) < 4.78 is 5.06. The molecule has 3 heteroatoms. The molecule has 0 amide bonds. The Kier molecular flexibility index (Phi) is 7.01. The summed E-state index contributed by atoms with van der Waals surface area (Å²) in [5.41, 5.74) is 0. The highest BCUT2D eigenvalue weighted by Crippen LogP contribution is 2.23. The molecule has 0 heterocycles. The Bertz CT molecular complexity index is 175. The third-order valence-corrected chi connectivity index (χ3v) is 3.54. The van der Waals surface area contributed by atoms with E-state index in [0.717, 1.165) is 38.2 Å². The monoisotopic (exact) mass is 228 g/mol. The minimum absolute atomic E-state index is 0.763. The van der Waals surface area contributed by atoms with Crippen LogP contribution < -0.4 is 5.32 Å². The number of hydrogen-bond acceptors (Lipinski definition) is 3. The predicted molar refractivity (Wildman–Crippen MR) is 68.8 cm³/mol. The lowest BCUT2D eigenvalue weighted by Gasteiger charge is -2.28. The van der Waals surface area contributed by atoms with E-state index in [2.05, 4.69) is 24.2 Å². The van der Waals surface area contributed by atoms with Crippen molar-refractivity contribution in [3.63, 3.8) is 0 Å². The number of nitrogens with one attached hydrogen (secondary N) is 1. The maximum absolute atomic E-state index is 5.06. The molecule has 2 atom stereocenters. The van der Waals surface area contributed by atoms with Crippen LogP contribution in [0, 0.1) is 5.92 Å². The SMILES string of the molecule is COCCN(C)CCNC1CCCC(C)C1. The highest BCUT2D eigenvalue weighted by atomic mass is 16.5. The van der Waals surface area contributed by atoms with E-state index in [1.807, 2.05) is 0 Å². The molecule has 1 N–H and O–H groups in total. The lowest BCUT2D eigenvalue weighted by Crippen LogP contribution is -2.39. The quantitative estimate of drug-likeness (QED) is 0.718. The lowest BCUT2D eigenvalue weighted by molar-refractivity contribution is 0.160. The highest BCUT2D eigenvalue weighted by molar-refractivity contribution is 4.75. The molecule has 0 bridgehead atoms. The normalized spacial score (nSPS) is 26.2. The first-order valence-corrected chi connectivity index (χ1v) is 6.63. The van der Waals surface area contributed by atoms with Crippen molar-refractivity contribution >= 4 is 0 Å². The van der Waals surface area contributed by atoms with Crippen molar-refractivity contribution < 1.29 is 4.74 Å². The molecule has 0 spiro atoms. The molecule has 1 aliphatic rings. The summed E-state index contributed by atoms with van der Waals surface area (Å²) in [6, 6.07) is 0.763. The Morgan fingerprint density at radius 2 is 2.12 bits per heavy atom. The summed E-state index contributed by atoms with van der Waals surface area (Å²) in [5, 5.41) is 3.68. The minimum atomic E-state index is 0.763. The predicted octanol–water partition coefficient (Wildman–Crippen LogP) is 1.73. The van der Waals surface area contributed by atoms with Crippen molar-refractivity contribution in [1.29, 1.82) is 0 Å². The highest BCUT2D eigenvalue weighted by Gasteiger charge is 2.17. The van der Waals surface area contributed by atoms with Crippen LogP contribution in [0.4, 0.5) is 0 Å². The first-order valence-electron chi connectivity index (χ1n) is 6.63. The summed E-state index contributed by atoms with van der Waals surface area (Å²) >= 11 is 0. The van der Waals surface area contributed by atoms with Crippen LogP contribution in [0.15, 0.2) is 0 Å². The van der Waals surface area contributed by atoms with E-state index in [-0.39, 0.29) is 0 Å². The van der Waals surface area contributed by atoms with E-state index in [9.17, 15) is 0 Å². The van der Waals surface area contributed by atoms with Crippen molar-refractivity contribution in [2.45, 2.75) is 38.6 Å². The second kappa shape index (κ2) is 8.04. The van der Waals surface area contributed by atoms with Crippen LogP contribution in [0.1, 0.15) is 32.6 Å². The topological polar surface area (TPSA) is 24.5 Å². The molecule has 0 aliphatic heterocycles. The number of nitrogens with zero attached hydrogens (tertiary/aromatic N) is 1. The minimum Gasteiger partial charge on any atom is -0.383 e. The Morgan fingerprint density at radius 1 is 1.31 bits per heavy atom. The van der Waals surface area contributed by atoms with Gasteiger partial charge in [-0.25, -0.2) is 0 Å². The summed E-state index contributed by atoms with van der Waals surface area (Å²) in [5.74, 6) is 0.914. The third kappa shape index (κ3) is 5.83. The van der Waals surface area contributed by atoms with Crippen LogP contribution in [0.5, 0.6) is 0 Å². The first kappa shape index (κ1) is 13.9. The molecular weight excluding hydrogens is 200 g/mol. The lowest BCUT2D eigenvalue weighted by atomic mass is 9.87. The van der Waals surface area contributed by atoms with Crippen LogP contribution in [-0.4, -0.2) is 51.3 Å². The number of hydrogen-bond donors (Lipinski definition) is 1. The third-order valence-electron chi connectivity index (χ3n) is 3.54. The van der Waals surface area contributed by atoms with Crippen LogP contribution in [0.2, 0.25) is 0 Å². The van der Waals surface area contributed by atoms with Crippen LogP contribution in [0.3, 0.4) is 0 Å². The van der Waals surface area contributed by atoms with Gasteiger partial charge in [0.15, 0.2) is 0 Å². The second-order valence-corrected chi connectivity index (χ2v) is 5.22. The zero-order chi connectivity index (χ0) is 11.8. The summed E-state index contributed by atoms with van der Waals surface area (Å²) in [6.45, 7) is 6.46. The average Bonchev–Trinajstić information content (AvgIpc) is 2.26. The van der Waals surface area contributed by atoms with E-state index in [1.54, 1.807) is 7.11 Å². The Balaban J connectivity index is 2.01. The summed E-state index contributed by atoms with van der Waals surface area (Å²) in [6.07, 6.45) is 5.55. The van der Waals surface area contributed by atoms with Crippen molar-refractivity contribution in [2.24, 2.45) is 5.92 Å². The van der Waals surface area contributed by atoms with Crippen LogP contribution >= 0.6 is 0 Å². The van der Waals surface area contributed by atoms with Crippen molar-refractivity contribution in [1.82, 2.24) is 10.2 Å². The molecular formula is C13H28N2O. The molecule has 0 aromatic heterocycles. The Morgan fingerprint density at radius 3 is 2.81 bits per heavy atom. The molecule has 0 radical (unpaired) electrons. The fourth-order valence-corrected chi connectivity index (χ4v) is 2.44. The molecule has 1 rings (SSSR count). The number of methoxy groups -OCH3 is 1. The van der Waals surface area contributed by atoms with Crippen LogP contribution in [0.25, 0.3) is 0 Å². The second-order valence-electron chi connectivity index (χ2n) is 5.22. The summed E-state index contributed by atoms with van der Waals surface area (Å²) in [4.78, 5) is 2.32. The van der Waals surface area contributed by atoms with E-state index < -0.39 is 0 Å². The molecule has 1 fully saturated rings. The standard InChI is InChI=1S/C13H28N2O/c1-12-5-4-6-13(11-12)14-7-8-15(2)9-10-16-3/h12-14H,4-11H2,1-3H3. The zero-order valence-corrected chi connectivity index (χ0v) is 11.2. The molecule has 96 valence electrons. The Labute approximate surface area is 101 Å². The largest absolute Gasteiger partial charge is 0.383 e. The van der Waals surface area contributed by atoms with E-state index >= 15 is 0 Å². The van der Waals surface area contributed by atoms with Crippen molar-refractivity contribution in [3.05, 3.63) is 0 Å². The molecule has 0 saturated heterocycles. The van der Waals surface area contributed by atoms with Gasteiger partial charge in [0, 0.05) is 32.8 Å². The molecule has 2 unspecified atom stereocenters. The van der Waals surface area contributed by atoms with Gasteiger partial charge >= 0.3 is 0 Å². The van der Waals surface area contributed by atoms with Gasteiger partial charge in [0.05, 0.1) is 6.61 Å². The average molecular weight is 228 g/mol. The fraction of sp³-hybridized carbons (Fsp3) is 1.00. The molecule has 16 heavy (non-hydrogen) atoms. The van der Waals surface area contributed by atoms with E-state index in [4.69, 9.17) is 4.74 Å². The first-order chi connectivity index (χ1) is 7.72. The molecule has 3 nitrogen and oxygen atoms in total. The van der Waals surface area contributed by atoms with Gasteiger partial charge in [0.2, 0.25) is 0 Å². The molecule has 1 aliphatic carbocycles. The maximum Gasteiger partial charge on any atom is 0.0589 e. The van der Waals surface area contributed by atoms with Gasteiger partial charge in [0.1, 0.15) is 0 Å². The smallest absolute Gasteiger partial charge is 0.0589 e. The summed E-state index contributed by atoms with van der Waals surface area (Å²) in [7, 11) is 3.92. The zero-order valence-electron chi connectivity index (χ0n) is 11.2. The molecule has 1 saturated carbocycles. The number of ether oxygens (including phenoxy) is 1. The van der Waals surface area contributed by atoms with Gasteiger partial charge < -0.3 is 15.0 Å². The van der Waals surface area contributed by atoms with E-state index in [0.29, 0.717) is 0 Å². The molecule has 0 aromatic rings. The maximum atomic E-state index is 5.06. The van der Waals surface area contributed by atoms with Gasteiger partial charge in [-0.3, -0.25) is 0 Å². The van der Waals surface area contributed by atoms with Crippen LogP contribution in [-0.2, 0) is 4.74 Å². The van der Waals surface area contributed by atoms with Gasteiger partial charge in [-0.15, -0.1) is 0 Å². The number of likely N-dealkylation sites (N-methyl/N-ethyl adjacent to an activating group) is 1. The van der Waals surface area contributed by atoms with Crippen molar-refractivity contribution in [2.75, 3.05) is 40.4 Å². The van der Waals surface area contributed by atoms with Gasteiger partial charge in [-0.2, -0.15) is 0 Å². The van der Waals surface area contributed by atoms with E-state index in [1.165, 1.54) is 25.7 Å². The van der Waals surface area contributed by atoms with Gasteiger partial charge in [0.25, 0.3) is 0 Å². The molecule has 0 aromatic carbocycles.